The van der Waals surface area contributed by atoms with E-state index in [1.54, 1.807) is 12.4 Å². The molecule has 0 aromatic carbocycles. The van der Waals surface area contributed by atoms with E-state index in [2.05, 4.69) is 30.9 Å². The third-order valence-corrected chi connectivity index (χ3v) is 11.0. The van der Waals surface area contributed by atoms with E-state index in [1.807, 2.05) is 16.9 Å². The number of carbonyl (C=O) groups excluding carboxylic acids is 1. The van der Waals surface area contributed by atoms with Gasteiger partial charge < -0.3 is 0 Å². The van der Waals surface area contributed by atoms with Gasteiger partial charge in [0.05, 0.1) is 12.7 Å². The van der Waals surface area contributed by atoms with Crippen molar-refractivity contribution in [3.8, 4) is 0 Å². The minimum absolute atomic E-state index is 0.192. The quantitative estimate of drug-likeness (QED) is 0.571. The Morgan fingerprint density at radius 1 is 1.06 bits per heavy atom. The fourth-order valence-corrected chi connectivity index (χ4v) is 9.27. The molecule has 4 nitrogen and oxygen atoms in total. The van der Waals surface area contributed by atoms with Gasteiger partial charge in [-0.2, -0.15) is 5.10 Å². The lowest BCUT2D eigenvalue weighted by Gasteiger charge is -2.61. The molecule has 0 saturated heterocycles. The molecule has 172 valence electrons. The maximum Gasteiger partial charge on any atom is 0.157 e. The molecule has 0 bridgehead atoms. The average molecular weight is 434 g/mol. The molecular formula is C28H39N3O. The number of fused-ring (bicyclic) bond motifs is 6. The van der Waals surface area contributed by atoms with Gasteiger partial charge in [0.1, 0.15) is 5.52 Å². The Morgan fingerprint density at radius 2 is 1.88 bits per heavy atom. The number of hydrogen-bond donors (Lipinski definition) is 0. The third kappa shape index (κ3) is 3.04. The summed E-state index contributed by atoms with van der Waals surface area (Å²) in [6, 6.07) is 1.97. The molecule has 6 rings (SSSR count). The van der Waals surface area contributed by atoms with Crippen LogP contribution < -0.4 is 0 Å². The summed E-state index contributed by atoms with van der Waals surface area (Å²) in [5.41, 5.74) is 1.63. The van der Waals surface area contributed by atoms with Crippen LogP contribution in [-0.2, 0) is 11.3 Å². The highest BCUT2D eigenvalue weighted by Crippen LogP contribution is 2.67. The number of Topliss-reactive ketones (excluding diaryl/α,β-unsaturated/α-hetero) is 1. The highest BCUT2D eigenvalue weighted by Gasteiger charge is 2.60. The predicted octanol–water partition coefficient (Wildman–Crippen LogP) is 6.30. The van der Waals surface area contributed by atoms with Gasteiger partial charge in [-0.3, -0.25) is 14.5 Å². The van der Waals surface area contributed by atoms with Crippen LogP contribution in [0.15, 0.2) is 24.7 Å². The molecule has 2 heterocycles. The third-order valence-electron chi connectivity index (χ3n) is 11.0. The number of rotatable bonds is 3. The SMILES string of the molecule is CC1CC[C@@]2(C)C(CCC3C4CC[C@H](C(=O)Cn5cc6ccncc6n5)C4(C)CCC32)C1. The normalized spacial score (nSPS) is 43.5. The number of pyridine rings is 1. The van der Waals surface area contributed by atoms with E-state index >= 15 is 0 Å². The zero-order valence-corrected chi connectivity index (χ0v) is 20.1. The summed E-state index contributed by atoms with van der Waals surface area (Å²) in [4.78, 5) is 17.7. The topological polar surface area (TPSA) is 47.8 Å². The molecule has 0 radical (unpaired) electrons. The summed E-state index contributed by atoms with van der Waals surface area (Å²) in [6.07, 6.45) is 17.7. The first-order valence-electron chi connectivity index (χ1n) is 13.2. The molecule has 4 aliphatic carbocycles. The number of nitrogens with zero attached hydrogens (tertiary/aromatic N) is 3. The Hall–Kier alpha value is -1.71. The van der Waals surface area contributed by atoms with Crippen molar-refractivity contribution in [3.63, 3.8) is 0 Å². The molecule has 32 heavy (non-hydrogen) atoms. The van der Waals surface area contributed by atoms with E-state index in [4.69, 9.17) is 0 Å². The Bertz CT molecular complexity index is 996. The summed E-state index contributed by atoms with van der Waals surface area (Å²) in [7, 11) is 0. The van der Waals surface area contributed by atoms with E-state index in [0.717, 1.165) is 46.9 Å². The van der Waals surface area contributed by atoms with Crippen LogP contribution in [0.25, 0.3) is 10.9 Å². The Morgan fingerprint density at radius 3 is 2.72 bits per heavy atom. The molecule has 2 aromatic rings. The summed E-state index contributed by atoms with van der Waals surface area (Å²) in [6.45, 7) is 8.01. The molecule has 0 N–H and O–H groups in total. The van der Waals surface area contributed by atoms with Crippen molar-refractivity contribution in [3.05, 3.63) is 24.7 Å². The first-order valence-corrected chi connectivity index (χ1v) is 13.2. The van der Waals surface area contributed by atoms with Crippen LogP contribution in [0.3, 0.4) is 0 Å². The molecule has 0 aliphatic heterocycles. The van der Waals surface area contributed by atoms with Gasteiger partial charge in [-0.05, 0) is 97.9 Å². The highest BCUT2D eigenvalue weighted by molar-refractivity contribution is 5.83. The summed E-state index contributed by atoms with van der Waals surface area (Å²) in [5, 5.41) is 5.68. The van der Waals surface area contributed by atoms with Crippen LogP contribution in [-0.4, -0.2) is 20.5 Å². The van der Waals surface area contributed by atoms with Crippen LogP contribution in [0.4, 0.5) is 0 Å². The van der Waals surface area contributed by atoms with Gasteiger partial charge >= 0.3 is 0 Å². The van der Waals surface area contributed by atoms with E-state index < -0.39 is 0 Å². The van der Waals surface area contributed by atoms with Gasteiger partial charge in [0.15, 0.2) is 5.78 Å². The number of aromatic nitrogens is 3. The Labute approximate surface area is 192 Å². The van der Waals surface area contributed by atoms with Crippen molar-refractivity contribution >= 4 is 16.7 Å². The lowest BCUT2D eigenvalue weighted by atomic mass is 9.44. The predicted molar refractivity (Wildman–Crippen MR) is 127 cm³/mol. The van der Waals surface area contributed by atoms with Crippen molar-refractivity contribution in [1.29, 1.82) is 0 Å². The molecule has 6 unspecified atom stereocenters. The van der Waals surface area contributed by atoms with Crippen molar-refractivity contribution < 1.29 is 4.79 Å². The van der Waals surface area contributed by atoms with Gasteiger partial charge in [-0.25, -0.2) is 0 Å². The largest absolute Gasteiger partial charge is 0.297 e. The van der Waals surface area contributed by atoms with Crippen LogP contribution in [0.5, 0.6) is 0 Å². The van der Waals surface area contributed by atoms with E-state index in [9.17, 15) is 4.79 Å². The maximum absolute atomic E-state index is 13.6. The standard InChI is InChI=1S/C28H39N3O/c1-18-8-11-27(2)20(14-18)4-5-21-22-6-7-24(28(22,3)12-9-23(21)27)26(32)17-31-16-19-10-13-29-15-25(19)30-31/h10,13,15-16,18,20-24H,4-9,11-12,14,17H2,1-3H3/t18?,20?,21?,22?,23?,24-,27+,28?/m1/s1. The minimum atomic E-state index is 0.192. The van der Waals surface area contributed by atoms with Gasteiger partial charge in [0, 0.05) is 23.7 Å². The molecule has 4 saturated carbocycles. The lowest BCUT2D eigenvalue weighted by molar-refractivity contribution is -0.137. The minimum Gasteiger partial charge on any atom is -0.297 e. The zero-order chi connectivity index (χ0) is 22.1. The molecule has 0 amide bonds. The van der Waals surface area contributed by atoms with Gasteiger partial charge in [0.2, 0.25) is 0 Å². The van der Waals surface area contributed by atoms with Crippen molar-refractivity contribution in [2.75, 3.05) is 0 Å². The lowest BCUT2D eigenvalue weighted by Crippen LogP contribution is -2.53. The van der Waals surface area contributed by atoms with Crippen molar-refractivity contribution in [1.82, 2.24) is 14.8 Å². The molecule has 4 heteroatoms. The molecule has 4 aliphatic rings. The zero-order valence-electron chi connectivity index (χ0n) is 20.1. The Kier molecular flexibility index (Phi) is 4.82. The van der Waals surface area contributed by atoms with Crippen LogP contribution >= 0.6 is 0 Å². The van der Waals surface area contributed by atoms with Gasteiger partial charge in [-0.15, -0.1) is 0 Å². The monoisotopic (exact) mass is 433 g/mol. The van der Waals surface area contributed by atoms with Crippen LogP contribution in [0.1, 0.15) is 78.6 Å². The number of ketones is 1. The summed E-state index contributed by atoms with van der Waals surface area (Å²) < 4.78 is 1.85. The van der Waals surface area contributed by atoms with E-state index in [0.29, 0.717) is 17.7 Å². The van der Waals surface area contributed by atoms with Gasteiger partial charge in [-0.1, -0.05) is 27.2 Å². The number of carbonyl (C=O) groups is 1. The molecule has 4 fully saturated rings. The summed E-state index contributed by atoms with van der Waals surface area (Å²) in [5.74, 6) is 4.95. The van der Waals surface area contributed by atoms with Crippen LogP contribution in [0.2, 0.25) is 0 Å². The fourth-order valence-electron chi connectivity index (χ4n) is 9.27. The molecule has 0 spiro atoms. The van der Waals surface area contributed by atoms with Crippen molar-refractivity contribution in [2.24, 2.45) is 46.3 Å². The first-order chi connectivity index (χ1) is 15.4. The highest BCUT2D eigenvalue weighted by atomic mass is 16.1. The molecular weight excluding hydrogens is 394 g/mol. The van der Waals surface area contributed by atoms with E-state index in [-0.39, 0.29) is 11.3 Å². The molecule has 2 aromatic heterocycles. The smallest absolute Gasteiger partial charge is 0.157 e. The molecule has 8 atom stereocenters. The van der Waals surface area contributed by atoms with Crippen LogP contribution in [0, 0.1) is 46.3 Å². The Balaban J connectivity index is 1.21. The van der Waals surface area contributed by atoms with E-state index in [1.165, 1.54) is 51.4 Å². The fraction of sp³-hybridized carbons (Fsp3) is 0.750. The van der Waals surface area contributed by atoms with Gasteiger partial charge in [0.25, 0.3) is 0 Å². The summed E-state index contributed by atoms with van der Waals surface area (Å²) >= 11 is 0. The second kappa shape index (κ2) is 7.40. The number of hydrogen-bond acceptors (Lipinski definition) is 3. The van der Waals surface area contributed by atoms with Crippen molar-refractivity contribution in [2.45, 2.75) is 85.1 Å². The second-order valence-corrected chi connectivity index (χ2v) is 12.4. The maximum atomic E-state index is 13.6. The average Bonchev–Trinajstić information content (AvgIpc) is 3.34. The first kappa shape index (κ1) is 20.9. The second-order valence-electron chi connectivity index (χ2n) is 12.4.